The molecule has 0 aliphatic rings. The fourth-order valence-corrected chi connectivity index (χ4v) is 3.01. The molecule has 0 spiro atoms. The minimum absolute atomic E-state index is 0.0666. The molecule has 0 amide bonds. The number of ketones is 2. The van der Waals surface area contributed by atoms with Gasteiger partial charge in [-0.05, 0) is 25.1 Å². The van der Waals surface area contributed by atoms with Gasteiger partial charge in [-0.1, -0.05) is 48.0 Å². The number of rotatable bonds is 6. The molecule has 0 aliphatic carbocycles. The number of benzene rings is 3. The van der Waals surface area contributed by atoms with Crippen molar-refractivity contribution in [3.63, 3.8) is 0 Å². The van der Waals surface area contributed by atoms with E-state index in [0.717, 1.165) is 17.7 Å². The molecule has 170 valence electrons. The molecule has 0 bridgehead atoms. The maximum absolute atomic E-state index is 12.1. The molecular weight excluding hydrogens is 456 g/mol. The van der Waals surface area contributed by atoms with Gasteiger partial charge in [0, 0.05) is 11.6 Å². The Hall–Kier alpha value is -4.29. The highest BCUT2D eigenvalue weighted by Gasteiger charge is 2.28. The van der Waals surface area contributed by atoms with Crippen molar-refractivity contribution in [2.45, 2.75) is 11.8 Å². The lowest BCUT2D eigenvalue weighted by Gasteiger charge is -2.02. The van der Waals surface area contributed by atoms with Crippen molar-refractivity contribution in [2.75, 3.05) is 0 Å². The van der Waals surface area contributed by atoms with Crippen LogP contribution in [0.4, 0.5) is 11.4 Å². The number of hydrogen-bond donors (Lipinski definition) is 1. The number of nitrogens with zero attached hydrogens (tertiary/aromatic N) is 2. The number of Topliss-reactive ketones (excluding diaryl/α,β-unsaturated/α-hetero) is 2. The van der Waals surface area contributed by atoms with Crippen LogP contribution in [0.25, 0.3) is 0 Å². The number of aryl methyl sites for hydroxylation is 1. The van der Waals surface area contributed by atoms with Crippen LogP contribution in [0, 0.1) is 27.2 Å². The molecule has 0 fully saturated rings. The molecular formula is C21H16N2O9S. The maximum atomic E-state index is 12.1. The lowest BCUT2D eigenvalue weighted by molar-refractivity contribution is -0.394. The van der Waals surface area contributed by atoms with Crippen LogP contribution in [-0.2, 0) is 10.1 Å². The highest BCUT2D eigenvalue weighted by Crippen LogP contribution is 2.26. The third-order valence-corrected chi connectivity index (χ3v) is 5.06. The summed E-state index contributed by atoms with van der Waals surface area (Å²) in [6.45, 7) is 1.84. The average Bonchev–Trinajstić information content (AvgIpc) is 2.78. The van der Waals surface area contributed by atoms with E-state index in [1.54, 1.807) is 30.3 Å². The lowest BCUT2D eigenvalue weighted by Crippen LogP contribution is -2.16. The summed E-state index contributed by atoms with van der Waals surface area (Å²) in [7, 11) is -4.02. The molecule has 0 saturated carbocycles. The van der Waals surface area contributed by atoms with Crippen molar-refractivity contribution in [3.8, 4) is 0 Å². The molecule has 3 aromatic carbocycles. The zero-order chi connectivity index (χ0) is 24.8. The Kier molecular flexibility index (Phi) is 7.83. The highest BCUT2D eigenvalue weighted by molar-refractivity contribution is 7.85. The first-order chi connectivity index (χ1) is 15.4. The zero-order valence-electron chi connectivity index (χ0n) is 16.9. The van der Waals surface area contributed by atoms with Crippen molar-refractivity contribution >= 4 is 33.1 Å². The second-order valence-corrected chi connectivity index (χ2v) is 7.95. The summed E-state index contributed by atoms with van der Waals surface area (Å²) in [6, 6.07) is 16.0. The van der Waals surface area contributed by atoms with E-state index >= 15 is 0 Å². The molecule has 1 N–H and O–H groups in total. The topological polar surface area (TPSA) is 175 Å². The summed E-state index contributed by atoms with van der Waals surface area (Å²) in [5.74, 6) is -2.01. The molecule has 33 heavy (non-hydrogen) atoms. The van der Waals surface area contributed by atoms with Crippen LogP contribution in [0.1, 0.15) is 26.3 Å². The van der Waals surface area contributed by atoms with Crippen LogP contribution >= 0.6 is 0 Å². The molecule has 3 rings (SSSR count). The van der Waals surface area contributed by atoms with E-state index in [-0.39, 0.29) is 10.5 Å². The van der Waals surface area contributed by atoms with Crippen molar-refractivity contribution in [3.05, 3.63) is 110 Å². The number of hydrogen-bond acceptors (Lipinski definition) is 8. The Balaban J connectivity index is 0.000000294. The second-order valence-electron chi connectivity index (χ2n) is 6.53. The number of carbonyl (C=O) groups is 2. The largest absolute Gasteiger partial charge is 0.294 e. The first-order valence-corrected chi connectivity index (χ1v) is 10.5. The molecule has 0 heterocycles. The number of nitro benzene ring substituents is 2. The predicted molar refractivity (Wildman–Crippen MR) is 116 cm³/mol. The second kappa shape index (κ2) is 10.3. The minimum atomic E-state index is -4.02. The lowest BCUT2D eigenvalue weighted by atomic mass is 10.00. The first kappa shape index (κ1) is 25.0. The van der Waals surface area contributed by atoms with E-state index in [2.05, 4.69) is 0 Å². The standard InChI is InChI=1S/C14H8N2O6.C7H8O3S/c17-13(9-4-2-1-3-5-9)14(18)11-7-6-10(15(19)20)8-12(11)16(21)22;1-6-2-4-7(5-3-6)11(8,9)10/h1-8H;2-5H,1H3,(H,8,9,10). The Morgan fingerprint density at radius 2 is 1.39 bits per heavy atom. The summed E-state index contributed by atoms with van der Waals surface area (Å²) in [5, 5.41) is 21.6. The highest BCUT2D eigenvalue weighted by atomic mass is 32.2. The maximum Gasteiger partial charge on any atom is 0.294 e. The van der Waals surface area contributed by atoms with E-state index in [1.165, 1.54) is 24.3 Å². The Bertz CT molecular complexity index is 1320. The van der Waals surface area contributed by atoms with Gasteiger partial charge in [0.1, 0.15) is 5.56 Å². The van der Waals surface area contributed by atoms with E-state index in [4.69, 9.17) is 4.55 Å². The summed E-state index contributed by atoms with van der Waals surface area (Å²) < 4.78 is 29.6. The molecule has 3 aromatic rings. The van der Waals surface area contributed by atoms with Crippen LogP contribution in [0.3, 0.4) is 0 Å². The normalized spacial score (nSPS) is 10.5. The van der Waals surface area contributed by atoms with Gasteiger partial charge in [0.2, 0.25) is 11.6 Å². The Morgan fingerprint density at radius 3 is 1.88 bits per heavy atom. The first-order valence-electron chi connectivity index (χ1n) is 9.03. The number of carbonyl (C=O) groups excluding carboxylic acids is 2. The predicted octanol–water partition coefficient (Wildman–Crippen LogP) is 3.81. The fourth-order valence-electron chi connectivity index (χ4n) is 2.53. The molecule has 0 atom stereocenters. The van der Waals surface area contributed by atoms with E-state index in [1.807, 2.05) is 6.92 Å². The van der Waals surface area contributed by atoms with Crippen molar-refractivity contribution in [1.82, 2.24) is 0 Å². The monoisotopic (exact) mass is 472 g/mol. The molecule has 0 unspecified atom stereocenters. The van der Waals surface area contributed by atoms with Gasteiger partial charge >= 0.3 is 0 Å². The van der Waals surface area contributed by atoms with E-state index in [9.17, 15) is 38.2 Å². The summed E-state index contributed by atoms with van der Waals surface area (Å²) in [5.41, 5.74) is -0.749. The van der Waals surface area contributed by atoms with Gasteiger partial charge in [-0.15, -0.1) is 0 Å². The average molecular weight is 472 g/mol. The molecule has 12 heteroatoms. The van der Waals surface area contributed by atoms with Crippen LogP contribution in [-0.4, -0.2) is 34.4 Å². The Labute approximate surface area is 187 Å². The van der Waals surface area contributed by atoms with Gasteiger partial charge < -0.3 is 0 Å². The van der Waals surface area contributed by atoms with Crippen LogP contribution in [0.15, 0.2) is 77.7 Å². The van der Waals surface area contributed by atoms with Gasteiger partial charge in [-0.3, -0.25) is 34.4 Å². The summed E-state index contributed by atoms with van der Waals surface area (Å²) in [4.78, 5) is 44.0. The van der Waals surface area contributed by atoms with Crippen LogP contribution < -0.4 is 0 Å². The SMILES string of the molecule is Cc1ccc(S(=O)(=O)O)cc1.O=C(C(=O)c1ccc([N+](=O)[O-])cc1[N+](=O)[O-])c1ccccc1. The van der Waals surface area contributed by atoms with Gasteiger partial charge in [0.15, 0.2) is 0 Å². The van der Waals surface area contributed by atoms with Gasteiger partial charge in [-0.25, -0.2) is 0 Å². The van der Waals surface area contributed by atoms with Crippen molar-refractivity contribution in [1.29, 1.82) is 0 Å². The van der Waals surface area contributed by atoms with Gasteiger partial charge in [-0.2, -0.15) is 8.42 Å². The molecule has 0 aliphatic heterocycles. The molecule has 0 radical (unpaired) electrons. The minimum Gasteiger partial charge on any atom is -0.285 e. The smallest absolute Gasteiger partial charge is 0.285 e. The number of nitro groups is 2. The quantitative estimate of drug-likeness (QED) is 0.184. The zero-order valence-corrected chi connectivity index (χ0v) is 17.8. The van der Waals surface area contributed by atoms with Crippen LogP contribution in [0.2, 0.25) is 0 Å². The van der Waals surface area contributed by atoms with Gasteiger partial charge in [0.05, 0.1) is 20.8 Å². The van der Waals surface area contributed by atoms with Crippen molar-refractivity contribution < 1.29 is 32.4 Å². The summed E-state index contributed by atoms with van der Waals surface area (Å²) >= 11 is 0. The number of non-ortho nitro benzene ring substituents is 1. The molecule has 0 aromatic heterocycles. The third-order valence-electron chi connectivity index (χ3n) is 4.19. The molecule has 0 saturated heterocycles. The molecule has 11 nitrogen and oxygen atoms in total. The van der Waals surface area contributed by atoms with E-state index < -0.39 is 48.5 Å². The third kappa shape index (κ3) is 6.59. The Morgan fingerprint density at radius 1 is 0.818 bits per heavy atom. The van der Waals surface area contributed by atoms with E-state index in [0.29, 0.717) is 6.07 Å². The van der Waals surface area contributed by atoms with Crippen LogP contribution in [0.5, 0.6) is 0 Å². The fraction of sp³-hybridized carbons (Fsp3) is 0.0476. The van der Waals surface area contributed by atoms with Gasteiger partial charge in [0.25, 0.3) is 21.5 Å². The van der Waals surface area contributed by atoms with Crippen molar-refractivity contribution in [2.24, 2.45) is 0 Å². The summed E-state index contributed by atoms with van der Waals surface area (Å²) in [6.07, 6.45) is 0.